The molecule has 2 rings (SSSR count). The fourth-order valence-electron chi connectivity index (χ4n) is 2.56. The molecule has 2 aromatic carbocycles. The molecule has 0 fully saturated rings. The largest absolute Gasteiger partial charge is 0.467 e. The number of methoxy groups -OCH3 is 1. The monoisotopic (exact) mass is 325 g/mol. The fourth-order valence-corrected chi connectivity index (χ4v) is 2.56. The Labute approximate surface area is 142 Å². The van der Waals surface area contributed by atoms with E-state index < -0.39 is 12.0 Å². The Balaban J connectivity index is 2.00. The van der Waals surface area contributed by atoms with Gasteiger partial charge in [-0.25, -0.2) is 4.79 Å². The van der Waals surface area contributed by atoms with Gasteiger partial charge in [-0.05, 0) is 17.5 Å². The predicted octanol–water partition coefficient (Wildman–Crippen LogP) is 2.77. The highest BCUT2D eigenvalue weighted by atomic mass is 16.5. The average Bonchev–Trinajstić information content (AvgIpc) is 2.62. The van der Waals surface area contributed by atoms with Crippen LogP contribution in [0, 0.1) is 5.92 Å². The van der Waals surface area contributed by atoms with E-state index in [1.807, 2.05) is 67.6 Å². The van der Waals surface area contributed by atoms with Gasteiger partial charge in [0.15, 0.2) is 0 Å². The SMILES string of the molecule is COC(=O)C(Cc1ccccc1)NC(=O)C(C)Cc1ccccc1. The quantitative estimate of drug-likeness (QED) is 0.797. The lowest BCUT2D eigenvalue weighted by Crippen LogP contribution is -2.45. The molecule has 2 aromatic rings. The summed E-state index contributed by atoms with van der Waals surface area (Å²) in [5, 5.41) is 2.82. The van der Waals surface area contributed by atoms with Gasteiger partial charge in [0, 0.05) is 12.3 Å². The maximum absolute atomic E-state index is 12.4. The molecular weight excluding hydrogens is 302 g/mol. The molecule has 24 heavy (non-hydrogen) atoms. The van der Waals surface area contributed by atoms with Crippen LogP contribution in [0.25, 0.3) is 0 Å². The molecule has 0 bridgehead atoms. The number of benzene rings is 2. The highest BCUT2D eigenvalue weighted by molar-refractivity contribution is 5.85. The van der Waals surface area contributed by atoms with E-state index in [0.717, 1.165) is 11.1 Å². The highest BCUT2D eigenvalue weighted by Crippen LogP contribution is 2.10. The van der Waals surface area contributed by atoms with Gasteiger partial charge in [-0.15, -0.1) is 0 Å². The Morgan fingerprint density at radius 1 is 0.917 bits per heavy atom. The zero-order valence-corrected chi connectivity index (χ0v) is 14.1. The third kappa shape index (κ3) is 5.23. The molecule has 0 aliphatic rings. The van der Waals surface area contributed by atoms with Crippen LogP contribution in [0.3, 0.4) is 0 Å². The topological polar surface area (TPSA) is 55.4 Å². The molecule has 1 N–H and O–H groups in total. The van der Waals surface area contributed by atoms with Crippen LogP contribution in [0.15, 0.2) is 60.7 Å². The lowest BCUT2D eigenvalue weighted by Gasteiger charge is -2.19. The summed E-state index contributed by atoms with van der Waals surface area (Å²) in [7, 11) is 1.33. The second-order valence-electron chi connectivity index (χ2n) is 5.86. The number of ether oxygens (including phenoxy) is 1. The summed E-state index contributed by atoms with van der Waals surface area (Å²) in [4.78, 5) is 24.4. The zero-order chi connectivity index (χ0) is 17.4. The number of carbonyl (C=O) groups excluding carboxylic acids is 2. The van der Waals surface area contributed by atoms with Crippen molar-refractivity contribution >= 4 is 11.9 Å². The van der Waals surface area contributed by atoms with E-state index in [1.165, 1.54) is 7.11 Å². The van der Waals surface area contributed by atoms with Crippen molar-refractivity contribution in [2.45, 2.75) is 25.8 Å². The maximum atomic E-state index is 12.4. The van der Waals surface area contributed by atoms with Gasteiger partial charge in [0.2, 0.25) is 5.91 Å². The van der Waals surface area contributed by atoms with Crippen LogP contribution in [0.5, 0.6) is 0 Å². The van der Waals surface area contributed by atoms with E-state index in [0.29, 0.717) is 12.8 Å². The number of carbonyl (C=O) groups is 2. The van der Waals surface area contributed by atoms with Crippen molar-refractivity contribution in [2.75, 3.05) is 7.11 Å². The van der Waals surface area contributed by atoms with Crippen molar-refractivity contribution in [3.8, 4) is 0 Å². The number of hydrogen-bond acceptors (Lipinski definition) is 3. The third-order valence-electron chi connectivity index (χ3n) is 3.92. The Morgan fingerprint density at radius 2 is 1.42 bits per heavy atom. The number of nitrogens with one attached hydrogen (secondary N) is 1. The molecule has 1 amide bonds. The Hall–Kier alpha value is -2.62. The Kier molecular flexibility index (Phi) is 6.55. The minimum atomic E-state index is -0.678. The molecule has 4 nitrogen and oxygen atoms in total. The van der Waals surface area contributed by atoms with Gasteiger partial charge in [0.25, 0.3) is 0 Å². The highest BCUT2D eigenvalue weighted by Gasteiger charge is 2.24. The first-order valence-corrected chi connectivity index (χ1v) is 8.06. The second kappa shape index (κ2) is 8.87. The van der Waals surface area contributed by atoms with Crippen LogP contribution < -0.4 is 5.32 Å². The summed E-state index contributed by atoms with van der Waals surface area (Å²) in [6, 6.07) is 18.7. The van der Waals surface area contributed by atoms with Crippen LogP contribution in [0.4, 0.5) is 0 Å². The van der Waals surface area contributed by atoms with Crippen LogP contribution in [0.1, 0.15) is 18.1 Å². The minimum absolute atomic E-state index is 0.148. The summed E-state index contributed by atoms with van der Waals surface area (Å²) < 4.78 is 4.83. The summed E-state index contributed by atoms with van der Waals surface area (Å²) in [6.45, 7) is 1.86. The van der Waals surface area contributed by atoms with E-state index in [-0.39, 0.29) is 11.8 Å². The molecule has 0 saturated carbocycles. The van der Waals surface area contributed by atoms with Gasteiger partial charge < -0.3 is 10.1 Å². The van der Waals surface area contributed by atoms with Gasteiger partial charge in [-0.3, -0.25) is 4.79 Å². The van der Waals surface area contributed by atoms with E-state index in [2.05, 4.69) is 5.32 Å². The van der Waals surface area contributed by atoms with Gasteiger partial charge in [-0.2, -0.15) is 0 Å². The predicted molar refractivity (Wildman–Crippen MR) is 93.4 cm³/mol. The van der Waals surface area contributed by atoms with Crippen LogP contribution >= 0.6 is 0 Å². The van der Waals surface area contributed by atoms with Gasteiger partial charge in [-0.1, -0.05) is 67.6 Å². The van der Waals surface area contributed by atoms with E-state index in [9.17, 15) is 9.59 Å². The van der Waals surface area contributed by atoms with Gasteiger partial charge in [0.05, 0.1) is 7.11 Å². The van der Waals surface area contributed by atoms with Crippen LogP contribution in [0.2, 0.25) is 0 Å². The molecule has 0 aliphatic heterocycles. The van der Waals surface area contributed by atoms with Crippen LogP contribution in [-0.2, 0) is 27.2 Å². The smallest absolute Gasteiger partial charge is 0.328 e. The summed E-state index contributed by atoms with van der Waals surface area (Å²) >= 11 is 0. The van der Waals surface area contributed by atoms with E-state index >= 15 is 0 Å². The van der Waals surface area contributed by atoms with Crippen molar-refractivity contribution in [1.29, 1.82) is 0 Å². The standard InChI is InChI=1S/C20H23NO3/c1-15(13-16-9-5-3-6-10-16)19(22)21-18(20(23)24-2)14-17-11-7-4-8-12-17/h3-12,15,18H,13-14H2,1-2H3,(H,21,22). The molecule has 0 saturated heterocycles. The van der Waals surface area contributed by atoms with Gasteiger partial charge in [0.1, 0.15) is 6.04 Å². The molecule has 0 spiro atoms. The van der Waals surface area contributed by atoms with Crippen molar-refractivity contribution < 1.29 is 14.3 Å². The molecule has 4 heteroatoms. The van der Waals surface area contributed by atoms with E-state index in [1.54, 1.807) is 0 Å². The van der Waals surface area contributed by atoms with E-state index in [4.69, 9.17) is 4.74 Å². The number of rotatable bonds is 7. The molecular formula is C20H23NO3. The Morgan fingerprint density at radius 3 is 1.92 bits per heavy atom. The molecule has 0 radical (unpaired) electrons. The number of esters is 1. The van der Waals surface area contributed by atoms with Crippen LogP contribution in [-0.4, -0.2) is 25.0 Å². The molecule has 2 atom stereocenters. The normalized spacial score (nSPS) is 12.9. The first kappa shape index (κ1) is 17.7. The van der Waals surface area contributed by atoms with Crippen molar-refractivity contribution in [3.63, 3.8) is 0 Å². The summed E-state index contributed by atoms with van der Waals surface area (Å²) in [6.07, 6.45) is 1.04. The lowest BCUT2D eigenvalue weighted by atomic mass is 9.99. The molecule has 2 unspecified atom stereocenters. The van der Waals surface area contributed by atoms with Gasteiger partial charge >= 0.3 is 5.97 Å². The van der Waals surface area contributed by atoms with Crippen molar-refractivity contribution in [2.24, 2.45) is 5.92 Å². The summed E-state index contributed by atoms with van der Waals surface area (Å²) in [5.41, 5.74) is 2.07. The minimum Gasteiger partial charge on any atom is -0.467 e. The average molecular weight is 325 g/mol. The molecule has 0 aliphatic carbocycles. The maximum Gasteiger partial charge on any atom is 0.328 e. The zero-order valence-electron chi connectivity index (χ0n) is 14.1. The fraction of sp³-hybridized carbons (Fsp3) is 0.300. The van der Waals surface area contributed by atoms with Crippen molar-refractivity contribution in [3.05, 3.63) is 71.8 Å². The summed E-state index contributed by atoms with van der Waals surface area (Å²) in [5.74, 6) is -0.806. The Bertz CT molecular complexity index is 655. The first-order chi connectivity index (χ1) is 11.6. The second-order valence-corrected chi connectivity index (χ2v) is 5.86. The number of amides is 1. The molecule has 0 heterocycles. The van der Waals surface area contributed by atoms with Crippen molar-refractivity contribution in [1.82, 2.24) is 5.32 Å². The number of hydrogen-bond donors (Lipinski definition) is 1. The first-order valence-electron chi connectivity index (χ1n) is 8.06. The molecule has 126 valence electrons. The lowest BCUT2D eigenvalue weighted by molar-refractivity contribution is -0.145. The molecule has 0 aromatic heterocycles. The third-order valence-corrected chi connectivity index (χ3v) is 3.92.